The number of fused-ring (bicyclic) bond motifs is 5. The molecule has 3 aliphatic rings. The van der Waals surface area contributed by atoms with E-state index in [1.165, 1.54) is 0 Å². The van der Waals surface area contributed by atoms with Crippen LogP contribution >= 0.6 is 0 Å². The van der Waals surface area contributed by atoms with Gasteiger partial charge in [-0.3, -0.25) is 14.4 Å². The van der Waals surface area contributed by atoms with Crippen molar-refractivity contribution in [3.63, 3.8) is 0 Å². The largest absolute Gasteiger partial charge is 0.480 e. The number of ketones is 1. The van der Waals surface area contributed by atoms with Gasteiger partial charge >= 0.3 is 11.9 Å². The van der Waals surface area contributed by atoms with Crippen LogP contribution in [-0.4, -0.2) is 22.8 Å². The maximum absolute atomic E-state index is 12.8. The summed E-state index contributed by atoms with van der Waals surface area (Å²) in [5, 5.41) is 10.0. The Labute approximate surface area is 133 Å². The minimum absolute atomic E-state index is 0.0982. The zero-order chi connectivity index (χ0) is 16.2. The molecule has 23 heavy (non-hydrogen) atoms. The number of para-hydroxylation sites is 1. The van der Waals surface area contributed by atoms with Gasteiger partial charge in [-0.05, 0) is 24.8 Å². The van der Waals surface area contributed by atoms with Crippen LogP contribution in [0, 0.1) is 17.3 Å². The van der Waals surface area contributed by atoms with E-state index in [1.807, 2.05) is 0 Å². The number of carbonyl (C=O) groups is 3. The Bertz CT molecular complexity index is 709. The fourth-order valence-electron chi connectivity index (χ4n) is 4.92. The number of esters is 1. The topological polar surface area (TPSA) is 80.7 Å². The van der Waals surface area contributed by atoms with Gasteiger partial charge in [0.15, 0.2) is 5.41 Å². The highest BCUT2D eigenvalue weighted by Gasteiger charge is 2.67. The second-order valence-corrected chi connectivity index (χ2v) is 6.82. The van der Waals surface area contributed by atoms with Gasteiger partial charge in [0.2, 0.25) is 0 Å². The fourth-order valence-corrected chi connectivity index (χ4v) is 4.92. The zero-order valence-electron chi connectivity index (χ0n) is 12.7. The van der Waals surface area contributed by atoms with Crippen molar-refractivity contribution in [1.82, 2.24) is 0 Å². The van der Waals surface area contributed by atoms with Gasteiger partial charge in [-0.15, -0.1) is 0 Å². The van der Waals surface area contributed by atoms with Crippen LogP contribution < -0.4 is 4.74 Å². The monoisotopic (exact) mass is 314 g/mol. The molecule has 2 fully saturated rings. The highest BCUT2D eigenvalue weighted by Crippen LogP contribution is 2.59. The number of aliphatic carboxylic acids is 1. The molecule has 5 nitrogen and oxygen atoms in total. The smallest absolute Gasteiger partial charge is 0.329 e. The highest BCUT2D eigenvalue weighted by atomic mass is 16.5. The Morgan fingerprint density at radius 2 is 1.91 bits per heavy atom. The molecule has 4 atom stereocenters. The van der Waals surface area contributed by atoms with Crippen LogP contribution in [0.4, 0.5) is 0 Å². The average Bonchev–Trinajstić information content (AvgIpc) is 2.55. The number of carboxylic acid groups (broad SMARTS) is 1. The van der Waals surface area contributed by atoms with E-state index >= 15 is 0 Å². The molecule has 4 unspecified atom stereocenters. The standard InChI is InChI=1S/C18H18O5/c19-14-9-13-11-6-2-4-8-15(11)23-17(22)18(13,16(20)21)12-7-3-1-5-10(12)14/h2,4,6,8,10,12-13H,1,3,5,7,9H2,(H,20,21). The third-order valence-electron chi connectivity index (χ3n) is 5.91. The Morgan fingerprint density at radius 1 is 1.17 bits per heavy atom. The van der Waals surface area contributed by atoms with E-state index in [9.17, 15) is 19.5 Å². The van der Waals surface area contributed by atoms with Crippen LogP contribution in [0.15, 0.2) is 24.3 Å². The summed E-state index contributed by atoms with van der Waals surface area (Å²) in [6, 6.07) is 6.98. The predicted octanol–water partition coefficient (Wildman–Crippen LogP) is 2.54. The number of hydrogen-bond donors (Lipinski definition) is 1. The highest BCUT2D eigenvalue weighted by molar-refractivity contribution is 6.05. The predicted molar refractivity (Wildman–Crippen MR) is 80.0 cm³/mol. The second kappa shape index (κ2) is 4.91. The molecule has 0 aromatic heterocycles. The van der Waals surface area contributed by atoms with Crippen LogP contribution in [0.5, 0.6) is 5.75 Å². The van der Waals surface area contributed by atoms with E-state index in [0.29, 0.717) is 24.2 Å². The van der Waals surface area contributed by atoms with Crippen LogP contribution in [-0.2, 0) is 14.4 Å². The first-order valence-corrected chi connectivity index (χ1v) is 8.14. The lowest BCUT2D eigenvalue weighted by Crippen LogP contribution is -2.60. The Balaban J connectivity index is 1.94. The maximum Gasteiger partial charge on any atom is 0.329 e. The molecule has 5 heteroatoms. The number of carboxylic acids is 1. The number of benzene rings is 1. The Morgan fingerprint density at radius 3 is 2.70 bits per heavy atom. The number of carbonyl (C=O) groups excluding carboxylic acids is 2. The van der Waals surface area contributed by atoms with Gasteiger partial charge in [-0.1, -0.05) is 31.0 Å². The molecule has 0 amide bonds. The molecule has 120 valence electrons. The summed E-state index contributed by atoms with van der Waals surface area (Å²) >= 11 is 0. The SMILES string of the molecule is O=C1CC2c3ccccc3OC(=O)C2(C(=O)O)C2CCCCC12. The summed E-state index contributed by atoms with van der Waals surface area (Å²) in [6.45, 7) is 0. The molecule has 2 aliphatic carbocycles. The van der Waals surface area contributed by atoms with Gasteiger partial charge in [0.1, 0.15) is 11.5 Å². The molecule has 0 spiro atoms. The van der Waals surface area contributed by atoms with Gasteiger partial charge in [0.25, 0.3) is 0 Å². The number of rotatable bonds is 1. The number of hydrogen-bond acceptors (Lipinski definition) is 4. The van der Waals surface area contributed by atoms with Crippen molar-refractivity contribution in [2.45, 2.75) is 38.0 Å². The average molecular weight is 314 g/mol. The molecular weight excluding hydrogens is 296 g/mol. The fraction of sp³-hybridized carbons (Fsp3) is 0.500. The van der Waals surface area contributed by atoms with Crippen LogP contribution in [0.2, 0.25) is 0 Å². The zero-order valence-corrected chi connectivity index (χ0v) is 12.7. The van der Waals surface area contributed by atoms with Crippen molar-refractivity contribution < 1.29 is 24.2 Å². The second-order valence-electron chi connectivity index (χ2n) is 6.82. The summed E-state index contributed by atoms with van der Waals surface area (Å²) in [4.78, 5) is 37.7. The Hall–Kier alpha value is -2.17. The van der Waals surface area contributed by atoms with E-state index in [-0.39, 0.29) is 18.1 Å². The third kappa shape index (κ3) is 1.76. The van der Waals surface area contributed by atoms with E-state index in [1.54, 1.807) is 24.3 Å². The van der Waals surface area contributed by atoms with Gasteiger partial charge in [0, 0.05) is 23.8 Å². The molecule has 4 rings (SSSR count). The summed E-state index contributed by atoms with van der Waals surface area (Å²) in [6.07, 6.45) is 3.15. The van der Waals surface area contributed by atoms with E-state index < -0.39 is 29.2 Å². The van der Waals surface area contributed by atoms with E-state index in [2.05, 4.69) is 0 Å². The molecule has 1 N–H and O–H groups in total. The van der Waals surface area contributed by atoms with E-state index in [0.717, 1.165) is 12.8 Å². The normalized spacial score (nSPS) is 35.6. The van der Waals surface area contributed by atoms with Crippen LogP contribution in [0.3, 0.4) is 0 Å². The van der Waals surface area contributed by atoms with Crippen molar-refractivity contribution in [3.05, 3.63) is 29.8 Å². The first-order valence-electron chi connectivity index (χ1n) is 8.14. The molecule has 0 saturated heterocycles. The van der Waals surface area contributed by atoms with Gasteiger partial charge in [-0.2, -0.15) is 0 Å². The third-order valence-corrected chi connectivity index (χ3v) is 5.91. The van der Waals surface area contributed by atoms with Gasteiger partial charge in [-0.25, -0.2) is 0 Å². The maximum atomic E-state index is 12.8. The molecule has 1 aliphatic heterocycles. The quantitative estimate of drug-likeness (QED) is 0.489. The van der Waals surface area contributed by atoms with Crippen LogP contribution in [0.25, 0.3) is 0 Å². The summed E-state index contributed by atoms with van der Waals surface area (Å²) < 4.78 is 5.42. The molecule has 0 bridgehead atoms. The van der Waals surface area contributed by atoms with Crippen molar-refractivity contribution in [2.75, 3.05) is 0 Å². The first-order chi connectivity index (χ1) is 11.1. The molecule has 1 heterocycles. The molecule has 2 saturated carbocycles. The number of Topliss-reactive ketones (excluding diaryl/α,β-unsaturated/α-hetero) is 1. The van der Waals surface area contributed by atoms with Gasteiger partial charge in [0.05, 0.1) is 0 Å². The van der Waals surface area contributed by atoms with Crippen LogP contribution in [0.1, 0.15) is 43.6 Å². The summed E-state index contributed by atoms with van der Waals surface area (Å²) in [5.41, 5.74) is -0.945. The van der Waals surface area contributed by atoms with Crippen molar-refractivity contribution >= 4 is 17.7 Å². The summed E-state index contributed by atoms with van der Waals surface area (Å²) in [5.74, 6) is -2.76. The molecular formula is C18H18O5. The molecule has 1 aromatic rings. The molecule has 1 aromatic carbocycles. The lowest BCUT2D eigenvalue weighted by molar-refractivity contribution is -0.180. The first kappa shape index (κ1) is 14.4. The van der Waals surface area contributed by atoms with Gasteiger partial charge < -0.3 is 9.84 Å². The molecule has 0 radical (unpaired) electrons. The van der Waals surface area contributed by atoms with Crippen molar-refractivity contribution in [1.29, 1.82) is 0 Å². The minimum atomic E-state index is -1.62. The van der Waals surface area contributed by atoms with Crippen molar-refractivity contribution in [2.24, 2.45) is 17.3 Å². The Kier molecular flexibility index (Phi) is 3.08. The lowest BCUT2D eigenvalue weighted by atomic mass is 9.50. The van der Waals surface area contributed by atoms with Crippen molar-refractivity contribution in [3.8, 4) is 5.75 Å². The number of ether oxygens (including phenoxy) is 1. The minimum Gasteiger partial charge on any atom is -0.480 e. The van der Waals surface area contributed by atoms with E-state index in [4.69, 9.17) is 4.74 Å². The summed E-state index contributed by atoms with van der Waals surface area (Å²) in [7, 11) is 0. The lowest BCUT2D eigenvalue weighted by Gasteiger charge is -2.51.